The topological polar surface area (TPSA) is 53.1 Å². The van der Waals surface area contributed by atoms with Crippen LogP contribution in [0.15, 0.2) is 18.3 Å². The van der Waals surface area contributed by atoms with E-state index in [1.165, 1.54) is 16.9 Å². The quantitative estimate of drug-likeness (QED) is 0.925. The number of nitrogens with zero attached hydrogens (tertiary/aromatic N) is 2. The van der Waals surface area contributed by atoms with E-state index in [0.29, 0.717) is 5.56 Å². The second-order valence-electron chi connectivity index (χ2n) is 4.10. The first-order chi connectivity index (χ1) is 9.25. The Hall–Kier alpha value is -1.89. The first kappa shape index (κ1) is 14.5. The van der Waals surface area contributed by atoms with Crippen molar-refractivity contribution in [2.45, 2.75) is 6.18 Å². The summed E-state index contributed by atoms with van der Waals surface area (Å²) in [6, 6.07) is 2.31. The van der Waals surface area contributed by atoms with Crippen molar-refractivity contribution < 1.29 is 17.9 Å². The average molecular weight is 306 g/mol. The largest absolute Gasteiger partial charge is 0.495 e. The molecule has 2 rings (SSSR count). The molecule has 0 aliphatic carbocycles. The van der Waals surface area contributed by atoms with Crippen LogP contribution in [-0.2, 0) is 13.2 Å². The third-order valence-electron chi connectivity index (χ3n) is 2.85. The number of aromatic nitrogens is 2. The number of alkyl halides is 3. The normalized spacial score (nSPS) is 11.7. The highest BCUT2D eigenvalue weighted by Crippen LogP contribution is 2.43. The van der Waals surface area contributed by atoms with Crippen molar-refractivity contribution in [3.63, 3.8) is 0 Å². The summed E-state index contributed by atoms with van der Waals surface area (Å²) in [5.41, 5.74) is 5.41. The zero-order chi connectivity index (χ0) is 15.1. The van der Waals surface area contributed by atoms with E-state index < -0.39 is 17.5 Å². The van der Waals surface area contributed by atoms with Gasteiger partial charge in [-0.2, -0.15) is 18.3 Å². The highest BCUT2D eigenvalue weighted by atomic mass is 35.5. The Morgan fingerprint density at radius 3 is 2.45 bits per heavy atom. The van der Waals surface area contributed by atoms with Crippen molar-refractivity contribution in [2.24, 2.45) is 7.05 Å². The summed E-state index contributed by atoms with van der Waals surface area (Å²) >= 11 is 5.86. The lowest BCUT2D eigenvalue weighted by Gasteiger charge is -2.15. The summed E-state index contributed by atoms with van der Waals surface area (Å²) in [4.78, 5) is 0. The molecule has 0 aliphatic rings. The number of nitrogen functional groups attached to an aromatic ring is 1. The summed E-state index contributed by atoms with van der Waals surface area (Å²) in [6.45, 7) is 0. The van der Waals surface area contributed by atoms with Gasteiger partial charge in [-0.15, -0.1) is 0 Å². The first-order valence-electron chi connectivity index (χ1n) is 5.48. The maximum atomic E-state index is 13.0. The minimum Gasteiger partial charge on any atom is -0.495 e. The molecule has 0 saturated heterocycles. The van der Waals surface area contributed by atoms with Crippen LogP contribution in [-0.4, -0.2) is 16.9 Å². The third kappa shape index (κ3) is 2.40. The zero-order valence-corrected chi connectivity index (χ0v) is 11.4. The van der Waals surface area contributed by atoms with Crippen LogP contribution in [0.3, 0.4) is 0 Å². The van der Waals surface area contributed by atoms with Gasteiger partial charge in [0.25, 0.3) is 0 Å². The van der Waals surface area contributed by atoms with E-state index in [0.717, 1.165) is 13.2 Å². The molecule has 0 aliphatic heterocycles. The molecule has 0 saturated carbocycles. The predicted octanol–water partition coefficient (Wildman–Crippen LogP) is 3.35. The molecule has 0 radical (unpaired) electrons. The fourth-order valence-electron chi connectivity index (χ4n) is 1.84. The number of aryl methyl sites for hydroxylation is 1. The summed E-state index contributed by atoms with van der Waals surface area (Å²) in [6.07, 6.45) is -3.20. The molecule has 0 spiro atoms. The van der Waals surface area contributed by atoms with Crippen LogP contribution in [0.5, 0.6) is 5.75 Å². The van der Waals surface area contributed by atoms with E-state index in [-0.39, 0.29) is 16.4 Å². The smallest absolute Gasteiger partial charge is 0.420 e. The molecule has 8 heteroatoms. The van der Waals surface area contributed by atoms with Crippen molar-refractivity contribution in [3.8, 4) is 16.9 Å². The van der Waals surface area contributed by atoms with E-state index in [2.05, 4.69) is 5.10 Å². The highest BCUT2D eigenvalue weighted by Gasteiger charge is 2.36. The molecule has 2 aromatic rings. The zero-order valence-electron chi connectivity index (χ0n) is 10.6. The molecule has 4 nitrogen and oxygen atoms in total. The molecule has 0 amide bonds. The first-order valence-corrected chi connectivity index (χ1v) is 5.86. The fourth-order valence-corrected chi connectivity index (χ4v) is 2.13. The van der Waals surface area contributed by atoms with E-state index in [1.54, 1.807) is 7.05 Å². The molecule has 1 heterocycles. The Kier molecular flexibility index (Phi) is 3.56. The van der Waals surface area contributed by atoms with Crippen LogP contribution in [0.4, 0.5) is 19.0 Å². The summed E-state index contributed by atoms with van der Waals surface area (Å²) in [5, 5.41) is 3.75. The van der Waals surface area contributed by atoms with Gasteiger partial charge < -0.3 is 10.5 Å². The van der Waals surface area contributed by atoms with E-state index in [4.69, 9.17) is 22.1 Å². The van der Waals surface area contributed by atoms with Crippen molar-refractivity contribution >= 4 is 17.4 Å². The maximum absolute atomic E-state index is 13.0. The second-order valence-corrected chi connectivity index (χ2v) is 4.51. The molecular formula is C12H11ClF3N3O. The van der Waals surface area contributed by atoms with Gasteiger partial charge in [-0.3, -0.25) is 4.68 Å². The molecule has 108 valence electrons. The van der Waals surface area contributed by atoms with Crippen LogP contribution in [0.1, 0.15) is 5.56 Å². The minimum absolute atomic E-state index is 0.138. The van der Waals surface area contributed by atoms with E-state index in [9.17, 15) is 13.2 Å². The number of nitrogens with two attached hydrogens (primary N) is 1. The monoisotopic (exact) mass is 305 g/mol. The van der Waals surface area contributed by atoms with Crippen LogP contribution < -0.4 is 10.5 Å². The highest BCUT2D eigenvalue weighted by molar-refractivity contribution is 6.32. The minimum atomic E-state index is -4.58. The van der Waals surface area contributed by atoms with Crippen molar-refractivity contribution in [2.75, 3.05) is 12.8 Å². The summed E-state index contributed by atoms with van der Waals surface area (Å²) in [5.74, 6) is -0.162. The van der Waals surface area contributed by atoms with Gasteiger partial charge in [0.05, 0.1) is 23.9 Å². The van der Waals surface area contributed by atoms with E-state index >= 15 is 0 Å². The van der Waals surface area contributed by atoms with Gasteiger partial charge in [0.2, 0.25) is 0 Å². The summed E-state index contributed by atoms with van der Waals surface area (Å²) < 4.78 is 45.2. The average Bonchev–Trinajstić information content (AvgIpc) is 2.68. The fraction of sp³-hybridized carbons (Fsp3) is 0.250. The molecule has 1 aromatic carbocycles. The molecule has 0 atom stereocenters. The molecule has 20 heavy (non-hydrogen) atoms. The molecule has 0 bridgehead atoms. The number of methoxy groups -OCH3 is 1. The number of halogens is 4. The van der Waals surface area contributed by atoms with Gasteiger partial charge in [-0.05, 0) is 17.7 Å². The lowest BCUT2D eigenvalue weighted by atomic mass is 10.0. The third-order valence-corrected chi connectivity index (χ3v) is 3.13. The van der Waals surface area contributed by atoms with Gasteiger partial charge >= 0.3 is 6.18 Å². The molecule has 1 aromatic heterocycles. The lowest BCUT2D eigenvalue weighted by Crippen LogP contribution is -2.08. The Morgan fingerprint density at radius 2 is 2.00 bits per heavy atom. The van der Waals surface area contributed by atoms with Gasteiger partial charge in [0.1, 0.15) is 11.6 Å². The molecule has 2 N–H and O–H groups in total. The number of hydrogen-bond donors (Lipinski definition) is 1. The van der Waals surface area contributed by atoms with Crippen molar-refractivity contribution in [1.29, 1.82) is 0 Å². The Morgan fingerprint density at radius 1 is 1.35 bits per heavy atom. The maximum Gasteiger partial charge on any atom is 0.420 e. The number of benzene rings is 1. The SMILES string of the molecule is COc1c(Cl)cc(-c2cnn(C)c2N)cc1C(F)(F)F. The molecule has 0 fully saturated rings. The Labute approximate surface area is 117 Å². The summed E-state index contributed by atoms with van der Waals surface area (Å²) in [7, 11) is 2.73. The van der Waals surface area contributed by atoms with Gasteiger partial charge in [-0.1, -0.05) is 11.6 Å². The van der Waals surface area contributed by atoms with Gasteiger partial charge in [0.15, 0.2) is 0 Å². The van der Waals surface area contributed by atoms with Crippen LogP contribution in [0, 0.1) is 0 Å². The van der Waals surface area contributed by atoms with Crippen molar-refractivity contribution in [3.05, 3.63) is 28.9 Å². The molecule has 0 unspecified atom stereocenters. The molecular weight excluding hydrogens is 295 g/mol. The Bertz CT molecular complexity index is 652. The van der Waals surface area contributed by atoms with E-state index in [1.807, 2.05) is 0 Å². The van der Waals surface area contributed by atoms with Gasteiger partial charge in [0, 0.05) is 12.6 Å². The number of ether oxygens (including phenoxy) is 1. The Balaban J connectivity index is 2.69. The number of hydrogen-bond acceptors (Lipinski definition) is 3. The van der Waals surface area contributed by atoms with Crippen molar-refractivity contribution in [1.82, 2.24) is 9.78 Å². The second kappa shape index (κ2) is 4.90. The van der Waals surface area contributed by atoms with Crippen LogP contribution in [0.25, 0.3) is 11.1 Å². The standard InChI is InChI=1S/C12H11ClF3N3O/c1-19-11(17)7(5-18-19)6-3-8(12(14,15)16)10(20-2)9(13)4-6/h3-5H,17H2,1-2H3. The number of rotatable bonds is 2. The van der Waals surface area contributed by atoms with Gasteiger partial charge in [-0.25, -0.2) is 0 Å². The van der Waals surface area contributed by atoms with Crippen LogP contribution in [0.2, 0.25) is 5.02 Å². The van der Waals surface area contributed by atoms with Crippen LogP contribution >= 0.6 is 11.6 Å². The number of anilines is 1. The predicted molar refractivity (Wildman–Crippen MR) is 69.6 cm³/mol. The lowest BCUT2D eigenvalue weighted by molar-refractivity contribution is -0.138.